The number of anilines is 1. The molecule has 0 amide bonds. The minimum atomic E-state index is 0.656. The lowest BCUT2D eigenvalue weighted by Crippen LogP contribution is -2.03. The van der Waals surface area contributed by atoms with Crippen molar-refractivity contribution in [2.24, 2.45) is 0 Å². The van der Waals surface area contributed by atoms with Gasteiger partial charge >= 0.3 is 0 Å². The Morgan fingerprint density at radius 2 is 1.95 bits per heavy atom. The minimum absolute atomic E-state index is 0.656. The Hall–Kier alpha value is -2.42. The average molecular weight is 266 g/mol. The Kier molecular flexibility index (Phi) is 3.33. The highest BCUT2D eigenvalue weighted by atomic mass is 16.5. The van der Waals surface area contributed by atoms with Gasteiger partial charge in [-0.25, -0.2) is 0 Å². The van der Waals surface area contributed by atoms with Crippen molar-refractivity contribution in [3.63, 3.8) is 0 Å². The fraction of sp³-hybridized carbons (Fsp3) is 0.176. The summed E-state index contributed by atoms with van der Waals surface area (Å²) in [6, 6.07) is 16.3. The fourth-order valence-electron chi connectivity index (χ4n) is 2.48. The summed E-state index contributed by atoms with van der Waals surface area (Å²) < 4.78 is 7.90. The third-order valence-electron chi connectivity index (χ3n) is 3.41. The second kappa shape index (κ2) is 5.29. The van der Waals surface area contributed by atoms with Crippen LogP contribution in [0.5, 0.6) is 5.75 Å². The number of rotatable bonds is 4. The van der Waals surface area contributed by atoms with Crippen LogP contribution in [0, 0.1) is 0 Å². The molecule has 3 rings (SSSR count). The van der Waals surface area contributed by atoms with Crippen LogP contribution in [0.1, 0.15) is 12.5 Å². The molecule has 1 heterocycles. The van der Waals surface area contributed by atoms with Gasteiger partial charge in [0.2, 0.25) is 0 Å². The summed E-state index contributed by atoms with van der Waals surface area (Å²) in [5.41, 5.74) is 8.99. The molecule has 20 heavy (non-hydrogen) atoms. The van der Waals surface area contributed by atoms with E-state index in [-0.39, 0.29) is 0 Å². The summed E-state index contributed by atoms with van der Waals surface area (Å²) >= 11 is 0. The second-order valence-electron chi connectivity index (χ2n) is 4.80. The molecular formula is C17H18N2O. The number of nitrogens with zero attached hydrogens (tertiary/aromatic N) is 1. The first-order valence-corrected chi connectivity index (χ1v) is 6.83. The van der Waals surface area contributed by atoms with Gasteiger partial charge in [0.1, 0.15) is 5.75 Å². The van der Waals surface area contributed by atoms with E-state index in [2.05, 4.69) is 41.1 Å². The number of para-hydroxylation sites is 1. The summed E-state index contributed by atoms with van der Waals surface area (Å²) in [7, 11) is 0. The van der Waals surface area contributed by atoms with E-state index >= 15 is 0 Å². The number of benzene rings is 2. The first-order valence-electron chi connectivity index (χ1n) is 6.83. The molecule has 0 atom stereocenters. The first kappa shape index (κ1) is 12.6. The van der Waals surface area contributed by atoms with Crippen molar-refractivity contribution in [3.05, 3.63) is 60.3 Å². The van der Waals surface area contributed by atoms with Crippen LogP contribution in [-0.4, -0.2) is 11.2 Å². The monoisotopic (exact) mass is 266 g/mol. The molecule has 3 nitrogen and oxygen atoms in total. The van der Waals surface area contributed by atoms with Crippen LogP contribution in [-0.2, 0) is 6.54 Å². The highest BCUT2D eigenvalue weighted by Gasteiger charge is 2.07. The molecule has 0 spiro atoms. The van der Waals surface area contributed by atoms with Gasteiger partial charge in [-0.1, -0.05) is 18.2 Å². The van der Waals surface area contributed by atoms with Crippen molar-refractivity contribution >= 4 is 16.6 Å². The molecule has 0 fully saturated rings. The lowest BCUT2D eigenvalue weighted by Gasteiger charge is -2.12. The van der Waals surface area contributed by atoms with Crippen LogP contribution in [0.25, 0.3) is 10.9 Å². The van der Waals surface area contributed by atoms with E-state index in [9.17, 15) is 0 Å². The smallest absolute Gasteiger partial charge is 0.124 e. The summed E-state index contributed by atoms with van der Waals surface area (Å²) in [5.74, 6) is 0.902. The van der Waals surface area contributed by atoms with Crippen LogP contribution >= 0.6 is 0 Å². The number of ether oxygens (including phenoxy) is 1. The van der Waals surface area contributed by atoms with Crippen LogP contribution in [0.4, 0.5) is 5.69 Å². The predicted octanol–water partition coefficient (Wildman–Crippen LogP) is 3.67. The number of fused-ring (bicyclic) bond motifs is 1. The zero-order valence-electron chi connectivity index (χ0n) is 11.5. The lowest BCUT2D eigenvalue weighted by atomic mass is 10.1. The maximum atomic E-state index is 5.90. The molecule has 0 bridgehead atoms. The molecule has 0 saturated carbocycles. The van der Waals surface area contributed by atoms with Crippen LogP contribution < -0.4 is 10.5 Å². The summed E-state index contributed by atoms with van der Waals surface area (Å²) in [5, 5.41) is 1.24. The van der Waals surface area contributed by atoms with E-state index in [1.54, 1.807) is 0 Å². The van der Waals surface area contributed by atoms with E-state index in [1.165, 1.54) is 10.9 Å². The third kappa shape index (κ3) is 2.35. The van der Waals surface area contributed by atoms with Crippen molar-refractivity contribution in [1.29, 1.82) is 0 Å². The summed E-state index contributed by atoms with van der Waals surface area (Å²) in [4.78, 5) is 0. The molecular weight excluding hydrogens is 248 g/mol. The van der Waals surface area contributed by atoms with Gasteiger partial charge in [0.15, 0.2) is 0 Å². The predicted molar refractivity (Wildman–Crippen MR) is 83.1 cm³/mol. The number of aromatic nitrogens is 1. The van der Waals surface area contributed by atoms with Crippen molar-refractivity contribution in [2.45, 2.75) is 13.5 Å². The Bertz CT molecular complexity index is 731. The Morgan fingerprint density at radius 3 is 2.80 bits per heavy atom. The second-order valence-corrected chi connectivity index (χ2v) is 4.80. The Morgan fingerprint density at radius 1 is 1.10 bits per heavy atom. The number of hydrogen-bond donors (Lipinski definition) is 1. The maximum absolute atomic E-state index is 5.90. The zero-order valence-corrected chi connectivity index (χ0v) is 11.5. The van der Waals surface area contributed by atoms with Gasteiger partial charge in [0, 0.05) is 23.0 Å². The summed E-state index contributed by atoms with van der Waals surface area (Å²) in [6.07, 6.45) is 2.10. The number of nitrogen functional groups attached to an aromatic ring is 1. The number of hydrogen-bond acceptors (Lipinski definition) is 2. The van der Waals surface area contributed by atoms with E-state index in [0.29, 0.717) is 6.61 Å². The minimum Gasteiger partial charge on any atom is -0.494 e. The van der Waals surface area contributed by atoms with Crippen LogP contribution in [0.3, 0.4) is 0 Å². The molecule has 0 aliphatic carbocycles. The van der Waals surface area contributed by atoms with Gasteiger partial charge in [-0.05, 0) is 42.6 Å². The highest BCUT2D eigenvalue weighted by molar-refractivity contribution is 5.80. The fourth-order valence-corrected chi connectivity index (χ4v) is 2.48. The molecule has 0 aliphatic heterocycles. The van der Waals surface area contributed by atoms with Crippen molar-refractivity contribution in [3.8, 4) is 5.75 Å². The molecule has 2 aromatic carbocycles. The van der Waals surface area contributed by atoms with Gasteiger partial charge in [0.05, 0.1) is 13.2 Å². The summed E-state index contributed by atoms with van der Waals surface area (Å²) in [6.45, 7) is 3.41. The number of nitrogens with two attached hydrogens (primary N) is 1. The van der Waals surface area contributed by atoms with Gasteiger partial charge in [-0.2, -0.15) is 0 Å². The van der Waals surface area contributed by atoms with Crippen molar-refractivity contribution in [1.82, 2.24) is 4.57 Å². The molecule has 102 valence electrons. The van der Waals surface area contributed by atoms with Crippen molar-refractivity contribution in [2.75, 3.05) is 12.3 Å². The Labute approximate surface area is 118 Å². The maximum Gasteiger partial charge on any atom is 0.124 e. The van der Waals surface area contributed by atoms with E-state index in [4.69, 9.17) is 10.5 Å². The van der Waals surface area contributed by atoms with Crippen LogP contribution in [0.2, 0.25) is 0 Å². The van der Waals surface area contributed by atoms with Gasteiger partial charge < -0.3 is 15.0 Å². The lowest BCUT2D eigenvalue weighted by molar-refractivity contribution is 0.336. The molecule has 2 N–H and O–H groups in total. The highest BCUT2D eigenvalue weighted by Crippen LogP contribution is 2.24. The van der Waals surface area contributed by atoms with E-state index < -0.39 is 0 Å². The zero-order chi connectivity index (χ0) is 13.9. The standard InChI is InChI=1S/C17H18N2O/c1-2-20-17-8-7-15(18)11-14(17)12-19-10-9-13-5-3-4-6-16(13)19/h3-11H,2,12,18H2,1H3. The van der Waals surface area contributed by atoms with Crippen molar-refractivity contribution < 1.29 is 4.74 Å². The van der Waals surface area contributed by atoms with Gasteiger partial charge in [-0.3, -0.25) is 0 Å². The third-order valence-corrected chi connectivity index (χ3v) is 3.41. The van der Waals surface area contributed by atoms with Crippen LogP contribution in [0.15, 0.2) is 54.7 Å². The molecule has 3 heteroatoms. The first-order chi connectivity index (χ1) is 9.78. The molecule has 0 unspecified atom stereocenters. The van der Waals surface area contributed by atoms with E-state index in [1.807, 2.05) is 25.1 Å². The molecule has 3 aromatic rings. The molecule has 0 aliphatic rings. The van der Waals surface area contributed by atoms with Gasteiger partial charge in [0.25, 0.3) is 0 Å². The molecule has 0 radical (unpaired) electrons. The van der Waals surface area contributed by atoms with E-state index in [0.717, 1.165) is 23.5 Å². The topological polar surface area (TPSA) is 40.2 Å². The Balaban J connectivity index is 2.00. The largest absolute Gasteiger partial charge is 0.494 e. The quantitative estimate of drug-likeness (QED) is 0.732. The normalized spacial score (nSPS) is 10.8. The molecule has 1 aromatic heterocycles. The average Bonchev–Trinajstić information content (AvgIpc) is 2.86. The van der Waals surface area contributed by atoms with Gasteiger partial charge in [-0.15, -0.1) is 0 Å². The SMILES string of the molecule is CCOc1ccc(N)cc1Cn1ccc2ccccc21. The molecule has 0 saturated heterocycles.